The van der Waals surface area contributed by atoms with Gasteiger partial charge >= 0.3 is 0 Å². The van der Waals surface area contributed by atoms with Gasteiger partial charge in [-0.2, -0.15) is 0 Å². The van der Waals surface area contributed by atoms with E-state index in [1.165, 1.54) is 31.9 Å². The van der Waals surface area contributed by atoms with Gasteiger partial charge in [0, 0.05) is 12.6 Å². The molecule has 2 rings (SSSR count). The van der Waals surface area contributed by atoms with E-state index >= 15 is 0 Å². The van der Waals surface area contributed by atoms with Crippen LogP contribution in [-0.2, 0) is 0 Å². The van der Waals surface area contributed by atoms with Crippen molar-refractivity contribution in [2.24, 2.45) is 5.92 Å². The van der Waals surface area contributed by atoms with E-state index in [1.807, 2.05) is 6.92 Å². The first-order valence-electron chi connectivity index (χ1n) is 8.09. The van der Waals surface area contributed by atoms with Gasteiger partial charge in [-0.05, 0) is 38.5 Å². The first-order chi connectivity index (χ1) is 10.2. The second-order valence-corrected chi connectivity index (χ2v) is 5.80. The van der Waals surface area contributed by atoms with E-state index in [4.69, 9.17) is 0 Å². The fraction of sp³-hybridized carbons (Fsp3) is 0.688. The van der Waals surface area contributed by atoms with Crippen LogP contribution in [-0.4, -0.2) is 28.5 Å². The van der Waals surface area contributed by atoms with Crippen molar-refractivity contribution >= 4 is 11.7 Å². The number of amides is 1. The smallest absolute Gasteiger partial charge is 0.271 e. The predicted octanol–water partition coefficient (Wildman–Crippen LogP) is 3.00. The number of anilines is 1. The molecule has 0 atom stereocenters. The molecule has 5 nitrogen and oxygen atoms in total. The molecule has 5 heteroatoms. The lowest BCUT2D eigenvalue weighted by Crippen LogP contribution is -2.38. The van der Waals surface area contributed by atoms with Crippen LogP contribution >= 0.6 is 0 Å². The summed E-state index contributed by atoms with van der Waals surface area (Å²) in [5.74, 6) is 1.39. The van der Waals surface area contributed by atoms with Crippen molar-refractivity contribution in [1.82, 2.24) is 15.3 Å². The van der Waals surface area contributed by atoms with Gasteiger partial charge < -0.3 is 10.6 Å². The molecule has 0 bridgehead atoms. The van der Waals surface area contributed by atoms with E-state index in [1.54, 1.807) is 6.20 Å². The predicted molar refractivity (Wildman–Crippen MR) is 84.3 cm³/mol. The molecule has 1 aromatic heterocycles. The summed E-state index contributed by atoms with van der Waals surface area (Å²) in [4.78, 5) is 20.6. The topological polar surface area (TPSA) is 66.9 Å². The minimum absolute atomic E-state index is 0.110. The minimum Gasteiger partial charge on any atom is -0.369 e. The maximum Gasteiger partial charge on any atom is 0.271 e. The second kappa shape index (κ2) is 7.96. The number of aromatic nitrogens is 2. The average molecular weight is 290 g/mol. The SMILES string of the molecule is CCCC1CCC(NC(=O)c2cncc(NCC)n2)CC1. The summed E-state index contributed by atoms with van der Waals surface area (Å²) in [6.07, 6.45) is 10.3. The molecule has 21 heavy (non-hydrogen) atoms. The fourth-order valence-electron chi connectivity index (χ4n) is 3.00. The van der Waals surface area contributed by atoms with Crippen molar-refractivity contribution in [1.29, 1.82) is 0 Å². The lowest BCUT2D eigenvalue weighted by molar-refractivity contribution is 0.0915. The molecule has 1 amide bonds. The van der Waals surface area contributed by atoms with Crippen LogP contribution in [0.3, 0.4) is 0 Å². The Labute approximate surface area is 127 Å². The van der Waals surface area contributed by atoms with E-state index in [0.29, 0.717) is 11.5 Å². The Morgan fingerprint density at radius 2 is 2.00 bits per heavy atom. The van der Waals surface area contributed by atoms with E-state index in [-0.39, 0.29) is 11.9 Å². The third-order valence-corrected chi connectivity index (χ3v) is 4.10. The first kappa shape index (κ1) is 15.7. The Kier molecular flexibility index (Phi) is 5.96. The third kappa shape index (κ3) is 4.69. The lowest BCUT2D eigenvalue weighted by Gasteiger charge is -2.28. The van der Waals surface area contributed by atoms with Gasteiger partial charge in [-0.1, -0.05) is 19.8 Å². The van der Waals surface area contributed by atoms with Crippen LogP contribution in [0, 0.1) is 5.92 Å². The molecule has 1 fully saturated rings. The number of carbonyl (C=O) groups excluding carboxylic acids is 1. The monoisotopic (exact) mass is 290 g/mol. The molecule has 0 radical (unpaired) electrons. The van der Waals surface area contributed by atoms with Gasteiger partial charge in [0.15, 0.2) is 0 Å². The highest BCUT2D eigenvalue weighted by atomic mass is 16.1. The summed E-state index contributed by atoms with van der Waals surface area (Å²) in [5.41, 5.74) is 0.393. The highest BCUT2D eigenvalue weighted by molar-refractivity contribution is 5.92. The Hall–Kier alpha value is -1.65. The fourth-order valence-corrected chi connectivity index (χ4v) is 3.00. The zero-order chi connectivity index (χ0) is 15.1. The minimum atomic E-state index is -0.110. The quantitative estimate of drug-likeness (QED) is 0.845. The Balaban J connectivity index is 1.86. The average Bonchev–Trinajstić information content (AvgIpc) is 2.50. The molecule has 1 aliphatic rings. The molecule has 0 aromatic carbocycles. The highest BCUT2D eigenvalue weighted by Gasteiger charge is 2.22. The summed E-state index contributed by atoms with van der Waals surface area (Å²) < 4.78 is 0. The van der Waals surface area contributed by atoms with Crippen LogP contribution < -0.4 is 10.6 Å². The van der Waals surface area contributed by atoms with Crippen molar-refractivity contribution in [3.8, 4) is 0 Å². The van der Waals surface area contributed by atoms with Gasteiger partial charge in [0.2, 0.25) is 0 Å². The van der Waals surface area contributed by atoms with Gasteiger partial charge in [0.25, 0.3) is 5.91 Å². The van der Waals surface area contributed by atoms with Crippen molar-refractivity contribution in [2.45, 2.75) is 58.4 Å². The van der Waals surface area contributed by atoms with Gasteiger partial charge in [0.1, 0.15) is 11.5 Å². The maximum atomic E-state index is 12.2. The van der Waals surface area contributed by atoms with Crippen LogP contribution in [0.15, 0.2) is 12.4 Å². The Bertz CT molecular complexity index is 455. The van der Waals surface area contributed by atoms with Crippen molar-refractivity contribution in [3.63, 3.8) is 0 Å². The summed E-state index contributed by atoms with van der Waals surface area (Å²) >= 11 is 0. The van der Waals surface area contributed by atoms with E-state index < -0.39 is 0 Å². The number of hydrogen-bond acceptors (Lipinski definition) is 4. The summed E-state index contributed by atoms with van der Waals surface area (Å²) in [5, 5.41) is 6.17. The van der Waals surface area contributed by atoms with E-state index in [9.17, 15) is 4.79 Å². The molecule has 2 N–H and O–H groups in total. The molecule has 1 aliphatic carbocycles. The molecule has 1 aromatic rings. The van der Waals surface area contributed by atoms with Gasteiger partial charge in [-0.15, -0.1) is 0 Å². The molecular weight excluding hydrogens is 264 g/mol. The van der Waals surface area contributed by atoms with Gasteiger partial charge in [-0.25, -0.2) is 4.98 Å². The molecular formula is C16H26N4O. The normalized spacial score (nSPS) is 21.8. The van der Waals surface area contributed by atoms with Crippen molar-refractivity contribution in [3.05, 3.63) is 18.1 Å². The molecule has 0 unspecified atom stereocenters. The van der Waals surface area contributed by atoms with Gasteiger partial charge in [-0.3, -0.25) is 9.78 Å². The third-order valence-electron chi connectivity index (χ3n) is 4.10. The zero-order valence-corrected chi connectivity index (χ0v) is 13.1. The number of carbonyl (C=O) groups is 1. The summed E-state index contributed by atoms with van der Waals surface area (Å²) in [7, 11) is 0. The van der Waals surface area contributed by atoms with Crippen LogP contribution in [0.2, 0.25) is 0 Å². The maximum absolute atomic E-state index is 12.2. The summed E-state index contributed by atoms with van der Waals surface area (Å²) in [6.45, 7) is 4.99. The molecule has 0 saturated heterocycles. The Morgan fingerprint density at radius 1 is 1.24 bits per heavy atom. The number of rotatable bonds is 6. The van der Waals surface area contributed by atoms with Gasteiger partial charge in [0.05, 0.1) is 12.4 Å². The molecule has 0 spiro atoms. The molecule has 1 saturated carbocycles. The second-order valence-electron chi connectivity index (χ2n) is 5.80. The Morgan fingerprint density at radius 3 is 2.67 bits per heavy atom. The standard InChI is InChI=1S/C16H26N4O/c1-3-5-12-6-8-13(9-7-12)19-16(21)14-10-17-11-15(20-14)18-4-2/h10-13H,3-9H2,1-2H3,(H,18,20)(H,19,21). The van der Waals surface area contributed by atoms with Crippen LogP contribution in [0.25, 0.3) is 0 Å². The highest BCUT2D eigenvalue weighted by Crippen LogP contribution is 2.27. The van der Waals surface area contributed by atoms with Crippen LogP contribution in [0.1, 0.15) is 62.9 Å². The van der Waals surface area contributed by atoms with Crippen LogP contribution in [0.5, 0.6) is 0 Å². The molecule has 116 valence electrons. The van der Waals surface area contributed by atoms with Crippen molar-refractivity contribution in [2.75, 3.05) is 11.9 Å². The lowest BCUT2D eigenvalue weighted by atomic mass is 9.83. The molecule has 1 heterocycles. The van der Waals surface area contributed by atoms with Crippen molar-refractivity contribution < 1.29 is 4.79 Å². The number of nitrogens with zero attached hydrogens (tertiary/aromatic N) is 2. The van der Waals surface area contributed by atoms with E-state index in [2.05, 4.69) is 27.5 Å². The first-order valence-corrected chi connectivity index (χ1v) is 8.09. The van der Waals surface area contributed by atoms with Crippen LogP contribution in [0.4, 0.5) is 5.82 Å². The zero-order valence-electron chi connectivity index (χ0n) is 13.1. The summed E-state index contributed by atoms with van der Waals surface area (Å²) in [6, 6.07) is 0.287. The molecule has 0 aliphatic heterocycles. The number of nitrogens with one attached hydrogen (secondary N) is 2. The van der Waals surface area contributed by atoms with E-state index in [0.717, 1.165) is 25.3 Å². The number of hydrogen-bond donors (Lipinski definition) is 2. The largest absolute Gasteiger partial charge is 0.369 e.